The van der Waals surface area contributed by atoms with E-state index in [-0.39, 0.29) is 18.0 Å². The molecule has 4 rings (SSSR count). The molecule has 0 radical (unpaired) electrons. The minimum Gasteiger partial charge on any atom is -0.356 e. The third-order valence-corrected chi connectivity index (χ3v) is 5.50. The summed E-state index contributed by atoms with van der Waals surface area (Å²) >= 11 is 0. The van der Waals surface area contributed by atoms with Gasteiger partial charge in [-0.25, -0.2) is 9.97 Å². The number of nitrogens with one attached hydrogen (secondary N) is 1. The number of hydrogen-bond acceptors (Lipinski definition) is 5. The van der Waals surface area contributed by atoms with Gasteiger partial charge in [0.05, 0.1) is 17.1 Å². The number of fused-ring (bicyclic) bond motifs is 1. The van der Waals surface area contributed by atoms with Gasteiger partial charge in [0.2, 0.25) is 11.9 Å². The number of aryl methyl sites for hydroxylation is 1. The second kappa shape index (κ2) is 7.78. The fourth-order valence-electron chi connectivity index (χ4n) is 4.06. The summed E-state index contributed by atoms with van der Waals surface area (Å²) in [7, 11) is 1.83. The number of benzene rings is 2. The van der Waals surface area contributed by atoms with E-state index in [1.165, 1.54) is 5.56 Å². The van der Waals surface area contributed by atoms with Gasteiger partial charge in [-0.15, -0.1) is 0 Å². The van der Waals surface area contributed by atoms with Crippen LogP contribution in [0.4, 0.5) is 23.0 Å². The maximum Gasteiger partial charge on any atom is 0.249 e. The van der Waals surface area contributed by atoms with Gasteiger partial charge < -0.3 is 15.1 Å². The predicted octanol–water partition coefficient (Wildman–Crippen LogP) is 4.78. The molecule has 6 nitrogen and oxygen atoms in total. The largest absolute Gasteiger partial charge is 0.356 e. The Morgan fingerprint density at radius 3 is 2.60 bits per heavy atom. The van der Waals surface area contributed by atoms with Crippen LogP contribution in [0.3, 0.4) is 0 Å². The molecule has 1 amide bonds. The summed E-state index contributed by atoms with van der Waals surface area (Å²) in [6.45, 7) is 8.23. The normalized spacial score (nSPS) is 16.1. The molecule has 1 aliphatic heterocycles. The number of likely N-dealkylation sites (N-methyl/N-ethyl adjacent to an activating group) is 1. The zero-order valence-corrected chi connectivity index (χ0v) is 18.0. The van der Waals surface area contributed by atoms with E-state index in [0.29, 0.717) is 5.95 Å². The number of hydrogen-bond donors (Lipinski definition) is 1. The molecule has 0 bridgehead atoms. The molecular weight excluding hydrogens is 374 g/mol. The quantitative estimate of drug-likeness (QED) is 0.682. The van der Waals surface area contributed by atoms with Crippen molar-refractivity contribution in [2.45, 2.75) is 39.8 Å². The number of carbonyl (C=O) groups excluding carboxylic acids is 1. The Kier molecular flexibility index (Phi) is 5.16. The van der Waals surface area contributed by atoms with Gasteiger partial charge in [0, 0.05) is 30.5 Å². The highest BCUT2D eigenvalue weighted by Crippen LogP contribution is 2.39. The Hall–Kier alpha value is -3.41. The van der Waals surface area contributed by atoms with E-state index in [1.54, 1.807) is 11.1 Å². The van der Waals surface area contributed by atoms with E-state index >= 15 is 0 Å². The maximum atomic E-state index is 12.6. The molecule has 0 spiro atoms. The molecule has 1 aliphatic rings. The second-order valence-corrected chi connectivity index (χ2v) is 8.04. The maximum absolute atomic E-state index is 12.6. The molecule has 0 saturated heterocycles. The Morgan fingerprint density at radius 1 is 1.07 bits per heavy atom. The van der Waals surface area contributed by atoms with E-state index in [9.17, 15) is 4.79 Å². The van der Waals surface area contributed by atoms with Gasteiger partial charge in [0.1, 0.15) is 6.04 Å². The number of anilines is 4. The van der Waals surface area contributed by atoms with Crippen LogP contribution in [0.25, 0.3) is 11.3 Å². The number of amides is 1. The zero-order valence-electron chi connectivity index (χ0n) is 18.0. The van der Waals surface area contributed by atoms with Gasteiger partial charge in [-0.05, 0) is 58.0 Å². The Balaban J connectivity index is 1.67. The molecule has 1 atom stereocenters. The summed E-state index contributed by atoms with van der Waals surface area (Å²) in [4.78, 5) is 25.6. The van der Waals surface area contributed by atoms with Crippen molar-refractivity contribution in [2.24, 2.45) is 0 Å². The van der Waals surface area contributed by atoms with Crippen molar-refractivity contribution in [3.63, 3.8) is 0 Å². The molecule has 0 fully saturated rings. The molecule has 1 N–H and O–H groups in total. The molecule has 6 heteroatoms. The first-order chi connectivity index (χ1) is 14.3. The lowest BCUT2D eigenvalue weighted by Crippen LogP contribution is -2.53. The molecule has 30 heavy (non-hydrogen) atoms. The Morgan fingerprint density at radius 2 is 1.87 bits per heavy atom. The molecule has 1 unspecified atom stereocenters. The molecule has 2 aromatic carbocycles. The van der Waals surface area contributed by atoms with E-state index in [0.717, 1.165) is 28.3 Å². The molecule has 3 aromatic rings. The van der Waals surface area contributed by atoms with Crippen LogP contribution in [0.15, 0.2) is 54.7 Å². The summed E-state index contributed by atoms with van der Waals surface area (Å²) in [5, 5.41) is 3.33. The van der Waals surface area contributed by atoms with Crippen molar-refractivity contribution in [2.75, 3.05) is 22.2 Å². The first-order valence-corrected chi connectivity index (χ1v) is 10.2. The van der Waals surface area contributed by atoms with Crippen LogP contribution in [0.1, 0.15) is 26.3 Å². The van der Waals surface area contributed by atoms with Crippen LogP contribution in [-0.4, -0.2) is 35.0 Å². The first-order valence-electron chi connectivity index (χ1n) is 10.2. The van der Waals surface area contributed by atoms with Crippen LogP contribution in [0.2, 0.25) is 0 Å². The highest BCUT2D eigenvalue weighted by atomic mass is 16.2. The van der Waals surface area contributed by atoms with Crippen molar-refractivity contribution >= 4 is 28.9 Å². The summed E-state index contributed by atoms with van der Waals surface area (Å²) in [5.74, 6) is 0.643. The van der Waals surface area contributed by atoms with Crippen LogP contribution in [-0.2, 0) is 4.79 Å². The fraction of sp³-hybridized carbons (Fsp3) is 0.292. The lowest BCUT2D eigenvalue weighted by atomic mass is 10.0. The number of nitrogens with zero attached hydrogens (tertiary/aromatic N) is 4. The number of aromatic nitrogens is 2. The van der Waals surface area contributed by atoms with E-state index in [2.05, 4.69) is 59.2 Å². The van der Waals surface area contributed by atoms with Crippen LogP contribution in [0, 0.1) is 6.92 Å². The van der Waals surface area contributed by atoms with Crippen molar-refractivity contribution in [1.82, 2.24) is 9.97 Å². The molecule has 154 valence electrons. The predicted molar refractivity (Wildman–Crippen MR) is 122 cm³/mol. The Labute approximate surface area is 177 Å². The number of rotatable bonds is 4. The average molecular weight is 402 g/mol. The van der Waals surface area contributed by atoms with Crippen molar-refractivity contribution in [1.29, 1.82) is 0 Å². The third kappa shape index (κ3) is 3.61. The number of carbonyl (C=O) groups is 1. The summed E-state index contributed by atoms with van der Waals surface area (Å²) in [6.07, 6.45) is 1.76. The van der Waals surface area contributed by atoms with Crippen molar-refractivity contribution < 1.29 is 4.79 Å². The highest BCUT2D eigenvalue weighted by Gasteiger charge is 2.34. The fourth-order valence-corrected chi connectivity index (χ4v) is 4.06. The molecule has 0 aliphatic carbocycles. The first kappa shape index (κ1) is 19.9. The van der Waals surface area contributed by atoms with Gasteiger partial charge in [-0.2, -0.15) is 0 Å². The van der Waals surface area contributed by atoms with Gasteiger partial charge in [0.25, 0.3) is 0 Å². The second-order valence-electron chi connectivity index (χ2n) is 8.04. The minimum atomic E-state index is -0.210. The zero-order chi connectivity index (χ0) is 21.4. The third-order valence-electron chi connectivity index (χ3n) is 5.50. The van der Waals surface area contributed by atoms with Crippen molar-refractivity contribution in [3.05, 3.63) is 60.3 Å². The summed E-state index contributed by atoms with van der Waals surface area (Å²) < 4.78 is 0. The highest BCUT2D eigenvalue weighted by molar-refractivity contribution is 6.05. The lowest BCUT2D eigenvalue weighted by Gasteiger charge is -2.42. The van der Waals surface area contributed by atoms with Crippen LogP contribution in [0.5, 0.6) is 0 Å². The van der Waals surface area contributed by atoms with Crippen molar-refractivity contribution in [3.8, 4) is 11.3 Å². The Bertz CT molecular complexity index is 1090. The minimum absolute atomic E-state index is 0.103. The topological polar surface area (TPSA) is 61.4 Å². The van der Waals surface area contributed by atoms with Crippen LogP contribution < -0.4 is 15.1 Å². The molecule has 2 heterocycles. The molecule has 1 aromatic heterocycles. The van der Waals surface area contributed by atoms with Gasteiger partial charge in [-0.1, -0.05) is 23.8 Å². The smallest absolute Gasteiger partial charge is 0.249 e. The van der Waals surface area contributed by atoms with E-state index in [4.69, 9.17) is 0 Å². The monoisotopic (exact) mass is 401 g/mol. The lowest BCUT2D eigenvalue weighted by molar-refractivity contribution is -0.119. The standard InChI is InChI=1S/C24H27N5O/c1-15(2)29-17(4)23(30)28(5)21-10-9-19(14-22(21)29)26-24-25-12-11-20(27-24)18-8-6-7-16(3)13-18/h6-15,17H,1-5H3,(H,25,26,27). The molecular formula is C24H27N5O. The van der Waals surface area contributed by atoms with E-state index < -0.39 is 0 Å². The molecule has 0 saturated carbocycles. The average Bonchev–Trinajstić information content (AvgIpc) is 2.72. The summed E-state index contributed by atoms with van der Waals surface area (Å²) in [6, 6.07) is 16.2. The van der Waals surface area contributed by atoms with Gasteiger partial charge >= 0.3 is 0 Å². The van der Waals surface area contributed by atoms with Gasteiger partial charge in [0.15, 0.2) is 0 Å². The van der Waals surface area contributed by atoms with E-state index in [1.807, 2.05) is 44.3 Å². The SMILES string of the molecule is Cc1cccc(-c2ccnc(Nc3ccc4c(c3)N(C(C)C)C(C)C(=O)N4C)n2)c1. The van der Waals surface area contributed by atoms with Crippen LogP contribution >= 0.6 is 0 Å². The summed E-state index contributed by atoms with van der Waals surface area (Å²) in [5.41, 5.74) is 5.95. The van der Waals surface area contributed by atoms with Gasteiger partial charge in [-0.3, -0.25) is 4.79 Å².